The maximum Gasteiger partial charge on any atom is 0.119 e. The van der Waals surface area contributed by atoms with Crippen molar-refractivity contribution in [3.8, 4) is 5.75 Å². The van der Waals surface area contributed by atoms with Crippen molar-refractivity contribution in [2.24, 2.45) is 0 Å². The second kappa shape index (κ2) is 9.63. The third-order valence-corrected chi connectivity index (χ3v) is 5.37. The second-order valence-electron chi connectivity index (χ2n) is 6.41. The van der Waals surface area contributed by atoms with Gasteiger partial charge in [0.1, 0.15) is 18.5 Å². The van der Waals surface area contributed by atoms with E-state index in [1.54, 1.807) is 0 Å². The van der Waals surface area contributed by atoms with Gasteiger partial charge >= 0.3 is 0 Å². The fourth-order valence-corrected chi connectivity index (χ4v) is 4.06. The number of hydrogen-bond donors (Lipinski definition) is 1. The van der Waals surface area contributed by atoms with Crippen LogP contribution in [0.25, 0.3) is 0 Å². The summed E-state index contributed by atoms with van der Waals surface area (Å²) in [4.78, 5) is 4.71. The average molecular weight is 353 g/mol. The van der Waals surface area contributed by atoms with Crippen LogP contribution in [0.4, 0.5) is 0 Å². The number of aliphatic hydroxyl groups is 1. The monoisotopic (exact) mass is 352 g/mol. The van der Waals surface area contributed by atoms with Gasteiger partial charge in [-0.25, -0.2) is 0 Å². The van der Waals surface area contributed by atoms with Gasteiger partial charge in [-0.15, -0.1) is 0 Å². The molecule has 2 saturated heterocycles. The number of morpholine rings is 1. The van der Waals surface area contributed by atoms with Crippen LogP contribution in [0.1, 0.15) is 5.56 Å². The first-order chi connectivity index (χ1) is 11.8. The minimum absolute atomic E-state index is 0.334. The number of nitrogens with zero attached hydrogens (tertiary/aromatic N) is 2. The number of β-amino-alcohol motifs (C(OH)–C–C–N with tert-alkyl or cyclic N) is 1. The van der Waals surface area contributed by atoms with E-state index in [4.69, 9.17) is 9.47 Å². The molecule has 24 heavy (non-hydrogen) atoms. The Hall–Kier alpha value is -0.790. The van der Waals surface area contributed by atoms with Gasteiger partial charge in [0.25, 0.3) is 0 Å². The fourth-order valence-electron chi connectivity index (χ4n) is 3.08. The van der Waals surface area contributed by atoms with E-state index in [0.717, 1.165) is 51.7 Å². The topological polar surface area (TPSA) is 45.2 Å². The Bertz CT molecular complexity index is 491. The number of rotatable bonds is 7. The summed E-state index contributed by atoms with van der Waals surface area (Å²) in [5, 5.41) is 10.2. The second-order valence-corrected chi connectivity index (χ2v) is 7.64. The highest BCUT2D eigenvalue weighted by atomic mass is 32.2. The lowest BCUT2D eigenvalue weighted by Gasteiger charge is -2.28. The summed E-state index contributed by atoms with van der Waals surface area (Å²) in [5.41, 5.74) is 1.28. The molecule has 0 aromatic heterocycles. The van der Waals surface area contributed by atoms with E-state index in [0.29, 0.717) is 13.2 Å². The first-order valence-corrected chi connectivity index (χ1v) is 9.95. The summed E-state index contributed by atoms with van der Waals surface area (Å²) in [6.07, 6.45) is -0.467. The predicted molar refractivity (Wildman–Crippen MR) is 97.8 cm³/mol. The van der Waals surface area contributed by atoms with E-state index in [1.165, 1.54) is 17.1 Å². The van der Waals surface area contributed by atoms with Crippen molar-refractivity contribution in [1.82, 2.24) is 9.80 Å². The smallest absolute Gasteiger partial charge is 0.119 e. The van der Waals surface area contributed by atoms with E-state index in [9.17, 15) is 5.11 Å². The molecule has 1 N–H and O–H groups in total. The lowest BCUT2D eigenvalue weighted by atomic mass is 10.2. The van der Waals surface area contributed by atoms with Crippen LogP contribution in [0.15, 0.2) is 24.3 Å². The number of hydrogen-bond acceptors (Lipinski definition) is 6. The molecule has 3 rings (SSSR count). The summed E-state index contributed by atoms with van der Waals surface area (Å²) in [7, 11) is 0. The summed E-state index contributed by atoms with van der Waals surface area (Å²) < 4.78 is 11.1. The van der Waals surface area contributed by atoms with Crippen LogP contribution in [0.3, 0.4) is 0 Å². The van der Waals surface area contributed by atoms with Gasteiger partial charge < -0.3 is 14.6 Å². The molecule has 5 nitrogen and oxygen atoms in total. The minimum Gasteiger partial charge on any atom is -0.491 e. The lowest BCUT2D eigenvalue weighted by molar-refractivity contribution is 0.00464. The van der Waals surface area contributed by atoms with Crippen LogP contribution in [0.5, 0.6) is 5.75 Å². The molecular weight excluding hydrogens is 324 g/mol. The number of thioether (sulfide) groups is 1. The van der Waals surface area contributed by atoms with E-state index < -0.39 is 6.10 Å². The van der Waals surface area contributed by atoms with Crippen molar-refractivity contribution in [3.05, 3.63) is 29.8 Å². The van der Waals surface area contributed by atoms with Gasteiger partial charge in [-0.3, -0.25) is 9.80 Å². The normalized spacial score (nSPS) is 21.5. The van der Waals surface area contributed by atoms with Gasteiger partial charge in [-0.1, -0.05) is 12.1 Å². The van der Waals surface area contributed by atoms with Gasteiger partial charge in [0.05, 0.1) is 13.2 Å². The van der Waals surface area contributed by atoms with Crippen molar-refractivity contribution in [3.63, 3.8) is 0 Å². The van der Waals surface area contributed by atoms with Gasteiger partial charge in [-0.2, -0.15) is 11.8 Å². The molecule has 0 aliphatic carbocycles. The van der Waals surface area contributed by atoms with Crippen LogP contribution in [0, 0.1) is 0 Å². The van der Waals surface area contributed by atoms with E-state index >= 15 is 0 Å². The Morgan fingerprint density at radius 1 is 1.12 bits per heavy atom. The molecule has 0 saturated carbocycles. The predicted octanol–water partition coefficient (Wildman–Crippen LogP) is 1.31. The van der Waals surface area contributed by atoms with Crippen molar-refractivity contribution in [1.29, 1.82) is 0 Å². The summed E-state index contributed by atoms with van der Waals surface area (Å²) in [6, 6.07) is 8.26. The molecule has 2 aliphatic rings. The molecule has 0 amide bonds. The first-order valence-electron chi connectivity index (χ1n) is 8.79. The maximum absolute atomic E-state index is 10.2. The van der Waals surface area contributed by atoms with Crippen LogP contribution in [0.2, 0.25) is 0 Å². The van der Waals surface area contributed by atoms with Gasteiger partial charge in [0.2, 0.25) is 0 Å². The molecule has 0 bridgehead atoms. The molecule has 1 aromatic rings. The summed E-state index contributed by atoms with van der Waals surface area (Å²) in [5.74, 6) is 3.30. The Morgan fingerprint density at radius 2 is 1.92 bits per heavy atom. The molecule has 0 spiro atoms. The third kappa shape index (κ3) is 5.93. The van der Waals surface area contributed by atoms with Crippen LogP contribution in [-0.4, -0.2) is 85.1 Å². The molecule has 134 valence electrons. The first kappa shape index (κ1) is 18.0. The largest absolute Gasteiger partial charge is 0.491 e. The van der Waals surface area contributed by atoms with Crippen LogP contribution in [-0.2, 0) is 11.3 Å². The molecule has 6 heteroatoms. The molecule has 2 fully saturated rings. The Balaban J connectivity index is 1.43. The fraction of sp³-hybridized carbons (Fsp3) is 0.667. The van der Waals surface area contributed by atoms with Crippen molar-refractivity contribution in [2.45, 2.75) is 12.6 Å². The van der Waals surface area contributed by atoms with Crippen LogP contribution >= 0.6 is 11.8 Å². The third-order valence-electron chi connectivity index (χ3n) is 4.42. The average Bonchev–Trinajstić information content (AvgIpc) is 2.62. The standard InChI is InChI=1S/C18H28N2O3S/c21-17(14-19-4-8-22-9-5-19)15-23-18-3-1-2-16(12-18)13-20-6-10-24-11-7-20/h1-3,12,17,21H,4-11,13-15H2. The molecule has 2 aliphatic heterocycles. The lowest BCUT2D eigenvalue weighted by Crippen LogP contribution is -2.42. The van der Waals surface area contributed by atoms with Gasteiger partial charge in [-0.05, 0) is 17.7 Å². The number of aliphatic hydroxyl groups excluding tert-OH is 1. The highest BCUT2D eigenvalue weighted by Crippen LogP contribution is 2.17. The van der Waals surface area contributed by atoms with Crippen molar-refractivity contribution >= 4 is 11.8 Å². The van der Waals surface area contributed by atoms with Crippen molar-refractivity contribution in [2.75, 3.05) is 64.1 Å². The molecular formula is C18H28N2O3S. The summed E-state index contributed by atoms with van der Waals surface area (Å²) in [6.45, 7) is 7.57. The highest BCUT2D eigenvalue weighted by Gasteiger charge is 2.15. The van der Waals surface area contributed by atoms with Crippen molar-refractivity contribution < 1.29 is 14.6 Å². The quantitative estimate of drug-likeness (QED) is 0.798. The van der Waals surface area contributed by atoms with Gasteiger partial charge in [0.15, 0.2) is 0 Å². The zero-order valence-electron chi connectivity index (χ0n) is 14.2. The molecule has 1 atom stereocenters. The molecule has 1 aromatic carbocycles. The minimum atomic E-state index is -0.467. The molecule has 2 heterocycles. The molecule has 0 radical (unpaired) electrons. The zero-order valence-corrected chi connectivity index (χ0v) is 15.0. The van der Waals surface area contributed by atoms with Gasteiger partial charge in [0, 0.05) is 50.8 Å². The Labute approximate surface area is 148 Å². The summed E-state index contributed by atoms with van der Waals surface area (Å²) >= 11 is 2.03. The van der Waals surface area contributed by atoms with E-state index in [2.05, 4.69) is 21.9 Å². The maximum atomic E-state index is 10.2. The Kier molecular flexibility index (Phi) is 7.23. The molecule has 1 unspecified atom stereocenters. The Morgan fingerprint density at radius 3 is 2.71 bits per heavy atom. The SMILES string of the molecule is OC(COc1cccc(CN2CCSCC2)c1)CN1CCOCC1. The van der Waals surface area contributed by atoms with E-state index in [1.807, 2.05) is 23.9 Å². The van der Waals surface area contributed by atoms with Crippen LogP contribution < -0.4 is 4.74 Å². The zero-order chi connectivity index (χ0) is 16.6. The highest BCUT2D eigenvalue weighted by molar-refractivity contribution is 7.99. The number of ether oxygens (including phenoxy) is 2. The number of benzene rings is 1. The van der Waals surface area contributed by atoms with E-state index in [-0.39, 0.29) is 0 Å².